The summed E-state index contributed by atoms with van der Waals surface area (Å²) < 4.78 is 14.2. The Labute approximate surface area is 138 Å². The molecule has 0 radical (unpaired) electrons. The summed E-state index contributed by atoms with van der Waals surface area (Å²) in [5.41, 5.74) is 1.04. The first-order chi connectivity index (χ1) is 11.2. The van der Waals surface area contributed by atoms with E-state index in [1.807, 2.05) is 6.07 Å². The molecule has 2 aliphatic heterocycles. The average molecular weight is 315 g/mol. The minimum atomic E-state index is -0.267. The summed E-state index contributed by atoms with van der Waals surface area (Å²) in [6.07, 6.45) is 4.97. The first-order valence-electron chi connectivity index (χ1n) is 8.82. The van der Waals surface area contributed by atoms with Crippen LogP contribution in [0.25, 0.3) is 0 Å². The van der Waals surface area contributed by atoms with E-state index >= 15 is 0 Å². The van der Waals surface area contributed by atoms with E-state index in [9.17, 15) is 4.39 Å². The maximum atomic E-state index is 14.2. The van der Waals surface area contributed by atoms with Gasteiger partial charge in [0, 0.05) is 19.6 Å². The third-order valence-electron chi connectivity index (χ3n) is 5.33. The van der Waals surface area contributed by atoms with E-state index < -0.39 is 0 Å². The van der Waals surface area contributed by atoms with E-state index in [1.165, 1.54) is 38.4 Å². The third-order valence-corrected chi connectivity index (χ3v) is 5.33. The molecule has 3 rings (SSSR count). The van der Waals surface area contributed by atoms with Gasteiger partial charge in [0.2, 0.25) is 0 Å². The van der Waals surface area contributed by atoms with Crippen molar-refractivity contribution in [2.75, 3.05) is 37.6 Å². The summed E-state index contributed by atoms with van der Waals surface area (Å²) in [6, 6.07) is 6.83. The minimum absolute atomic E-state index is 0.267. The lowest BCUT2D eigenvalue weighted by Crippen LogP contribution is -2.43. The molecule has 3 nitrogen and oxygen atoms in total. The molecule has 2 aliphatic rings. The van der Waals surface area contributed by atoms with Gasteiger partial charge in [-0.2, -0.15) is 5.26 Å². The predicted octanol–water partition coefficient (Wildman–Crippen LogP) is 3.65. The van der Waals surface area contributed by atoms with Gasteiger partial charge < -0.3 is 9.80 Å². The Morgan fingerprint density at radius 1 is 1.22 bits per heavy atom. The Kier molecular flexibility index (Phi) is 5.17. The maximum absolute atomic E-state index is 14.2. The molecule has 0 bridgehead atoms. The van der Waals surface area contributed by atoms with Crippen molar-refractivity contribution in [2.24, 2.45) is 11.8 Å². The van der Waals surface area contributed by atoms with E-state index in [0.29, 0.717) is 17.2 Å². The Hall–Kier alpha value is -1.60. The average Bonchev–Trinajstić information content (AvgIpc) is 2.57. The number of rotatable bonds is 3. The summed E-state index contributed by atoms with van der Waals surface area (Å²) in [5.74, 6) is 1.21. The molecule has 2 saturated heterocycles. The quantitative estimate of drug-likeness (QED) is 0.853. The number of hydrogen-bond donors (Lipinski definition) is 0. The van der Waals surface area contributed by atoms with Gasteiger partial charge >= 0.3 is 0 Å². The van der Waals surface area contributed by atoms with Crippen molar-refractivity contribution in [1.82, 2.24) is 4.90 Å². The van der Waals surface area contributed by atoms with Crippen LogP contribution in [0.5, 0.6) is 0 Å². The topological polar surface area (TPSA) is 30.3 Å². The summed E-state index contributed by atoms with van der Waals surface area (Å²) >= 11 is 0. The zero-order valence-electron chi connectivity index (χ0n) is 14.0. The Balaban J connectivity index is 1.61. The van der Waals surface area contributed by atoms with Crippen molar-refractivity contribution in [3.63, 3.8) is 0 Å². The van der Waals surface area contributed by atoms with E-state index in [4.69, 9.17) is 5.26 Å². The largest absolute Gasteiger partial charge is 0.369 e. The molecule has 124 valence electrons. The van der Waals surface area contributed by atoms with Crippen molar-refractivity contribution in [3.05, 3.63) is 29.6 Å². The van der Waals surface area contributed by atoms with Crippen LogP contribution in [-0.2, 0) is 0 Å². The molecule has 1 aromatic carbocycles. The molecule has 0 aromatic heterocycles. The fraction of sp³-hybridized carbons (Fsp3) is 0.632. The molecule has 2 heterocycles. The number of anilines is 1. The molecule has 1 aromatic rings. The minimum Gasteiger partial charge on any atom is -0.369 e. The van der Waals surface area contributed by atoms with Gasteiger partial charge in [-0.05, 0) is 68.8 Å². The van der Waals surface area contributed by atoms with Crippen LogP contribution in [0.15, 0.2) is 18.2 Å². The normalized spacial score (nSPS) is 23.7. The van der Waals surface area contributed by atoms with Crippen molar-refractivity contribution in [3.8, 4) is 6.07 Å². The maximum Gasteiger partial charge on any atom is 0.147 e. The summed E-state index contributed by atoms with van der Waals surface area (Å²) in [4.78, 5) is 4.75. The van der Waals surface area contributed by atoms with Crippen molar-refractivity contribution < 1.29 is 4.39 Å². The van der Waals surface area contributed by atoms with Crippen molar-refractivity contribution >= 4 is 5.69 Å². The molecular weight excluding hydrogens is 289 g/mol. The van der Waals surface area contributed by atoms with Crippen molar-refractivity contribution in [1.29, 1.82) is 5.26 Å². The van der Waals surface area contributed by atoms with Gasteiger partial charge in [0.05, 0.1) is 17.3 Å². The van der Waals surface area contributed by atoms with Crippen LogP contribution < -0.4 is 4.90 Å². The molecule has 0 aliphatic carbocycles. The fourth-order valence-corrected chi connectivity index (χ4v) is 3.88. The molecule has 0 N–H and O–H groups in total. The lowest BCUT2D eigenvalue weighted by atomic mass is 9.94. The number of halogens is 1. The van der Waals surface area contributed by atoms with Crippen LogP contribution >= 0.6 is 0 Å². The van der Waals surface area contributed by atoms with Crippen LogP contribution in [0, 0.1) is 29.0 Å². The highest BCUT2D eigenvalue weighted by Crippen LogP contribution is 2.27. The van der Waals surface area contributed by atoms with E-state index in [1.54, 1.807) is 12.1 Å². The monoisotopic (exact) mass is 315 g/mol. The predicted molar refractivity (Wildman–Crippen MR) is 90.9 cm³/mol. The van der Waals surface area contributed by atoms with E-state index in [0.717, 1.165) is 32.0 Å². The summed E-state index contributed by atoms with van der Waals surface area (Å²) in [7, 11) is 0. The standard InChI is InChI=1S/C19H26FN3/c1-15-6-9-22(10-7-15)13-17-3-2-8-23(14-17)19-5-4-16(12-21)11-18(19)20/h4-5,11,15,17H,2-3,6-10,13-14H2,1H3. The zero-order chi connectivity index (χ0) is 16.2. The number of nitrogens with zero attached hydrogens (tertiary/aromatic N) is 3. The highest BCUT2D eigenvalue weighted by atomic mass is 19.1. The second-order valence-corrected chi connectivity index (χ2v) is 7.22. The lowest BCUT2D eigenvalue weighted by Gasteiger charge is -2.38. The Morgan fingerprint density at radius 3 is 2.70 bits per heavy atom. The molecule has 0 spiro atoms. The highest BCUT2D eigenvalue weighted by molar-refractivity contribution is 5.51. The molecule has 1 atom stereocenters. The third kappa shape index (κ3) is 4.03. The number of likely N-dealkylation sites (tertiary alicyclic amines) is 1. The van der Waals surface area contributed by atoms with Crippen LogP contribution in [0.3, 0.4) is 0 Å². The number of nitriles is 1. The zero-order valence-corrected chi connectivity index (χ0v) is 14.0. The van der Waals surface area contributed by atoms with Gasteiger partial charge in [0.25, 0.3) is 0 Å². The second kappa shape index (κ2) is 7.31. The van der Waals surface area contributed by atoms with Crippen LogP contribution in [0.1, 0.15) is 38.2 Å². The van der Waals surface area contributed by atoms with Gasteiger partial charge in [-0.25, -0.2) is 4.39 Å². The Bertz CT molecular complexity index is 572. The number of piperidine rings is 2. The van der Waals surface area contributed by atoms with Crippen LogP contribution in [0.4, 0.5) is 10.1 Å². The number of benzene rings is 1. The molecule has 4 heteroatoms. The van der Waals surface area contributed by atoms with Crippen LogP contribution in [-0.4, -0.2) is 37.6 Å². The molecule has 0 saturated carbocycles. The summed E-state index contributed by atoms with van der Waals surface area (Å²) in [6.45, 7) is 7.74. The van der Waals surface area contributed by atoms with Crippen molar-refractivity contribution in [2.45, 2.75) is 32.6 Å². The number of hydrogen-bond acceptors (Lipinski definition) is 3. The first kappa shape index (κ1) is 16.3. The smallest absolute Gasteiger partial charge is 0.147 e. The van der Waals surface area contributed by atoms with Gasteiger partial charge in [0.15, 0.2) is 0 Å². The first-order valence-corrected chi connectivity index (χ1v) is 8.82. The highest BCUT2D eigenvalue weighted by Gasteiger charge is 2.25. The molecule has 0 amide bonds. The van der Waals surface area contributed by atoms with Gasteiger partial charge in [-0.1, -0.05) is 6.92 Å². The van der Waals surface area contributed by atoms with E-state index in [-0.39, 0.29) is 5.82 Å². The second-order valence-electron chi connectivity index (χ2n) is 7.22. The summed E-state index contributed by atoms with van der Waals surface area (Å²) in [5, 5.41) is 8.87. The lowest BCUT2D eigenvalue weighted by molar-refractivity contribution is 0.159. The SMILES string of the molecule is CC1CCN(CC2CCCN(c3ccc(C#N)cc3F)C2)CC1. The van der Waals surface area contributed by atoms with Crippen LogP contribution in [0.2, 0.25) is 0 Å². The van der Waals surface area contributed by atoms with Gasteiger partial charge in [0.1, 0.15) is 5.82 Å². The fourth-order valence-electron chi connectivity index (χ4n) is 3.88. The van der Waals surface area contributed by atoms with Gasteiger partial charge in [-0.3, -0.25) is 0 Å². The molecule has 1 unspecified atom stereocenters. The van der Waals surface area contributed by atoms with Gasteiger partial charge in [-0.15, -0.1) is 0 Å². The Morgan fingerprint density at radius 2 is 2.00 bits per heavy atom. The molecule has 23 heavy (non-hydrogen) atoms. The molecular formula is C19H26FN3. The van der Waals surface area contributed by atoms with E-state index in [2.05, 4.69) is 16.7 Å². The molecule has 2 fully saturated rings.